The molecule has 0 aliphatic rings. The number of carbonyl (C=O) groups excluding carboxylic acids is 1. The quantitative estimate of drug-likeness (QED) is 0.329. The molecule has 0 fully saturated rings. The molecule has 0 bridgehead atoms. The van der Waals surface area contributed by atoms with Gasteiger partial charge in [0.2, 0.25) is 5.91 Å². The maximum Gasteiger partial charge on any atom is 1.00 e. The van der Waals surface area contributed by atoms with Crippen LogP contribution in [0.1, 0.15) is 20.3 Å². The first-order valence-corrected chi connectivity index (χ1v) is 5.66. The molecule has 0 aliphatic carbocycles. The molecule has 0 aromatic carbocycles. The van der Waals surface area contributed by atoms with Crippen molar-refractivity contribution < 1.29 is 47.3 Å². The van der Waals surface area contributed by atoms with Gasteiger partial charge >= 0.3 is 29.6 Å². The summed E-state index contributed by atoms with van der Waals surface area (Å²) in [4.78, 5) is 9.47. The molecule has 0 rings (SSSR count). The van der Waals surface area contributed by atoms with Gasteiger partial charge in [0, 0.05) is 5.75 Å². The van der Waals surface area contributed by atoms with Crippen molar-refractivity contribution in [1.29, 1.82) is 0 Å². The fraction of sp³-hybridized carbons (Fsp3) is 0.625. The smallest absolute Gasteiger partial charge is 0.748 e. The minimum Gasteiger partial charge on any atom is -0.748 e. The summed E-state index contributed by atoms with van der Waals surface area (Å²) in [5.41, 5.74) is 4.53. The normalized spacial score (nSPS) is 11.4. The summed E-state index contributed by atoms with van der Waals surface area (Å²) in [6.45, 7) is 6.69. The molecule has 1 unspecified atom stereocenters. The largest absolute Gasteiger partial charge is 1.00 e. The van der Waals surface area contributed by atoms with Crippen LogP contribution < -0.4 is 35.3 Å². The van der Waals surface area contributed by atoms with Crippen LogP contribution in [0, 0.1) is 5.92 Å². The Hall–Kier alpha value is 0.120. The van der Waals surface area contributed by atoms with Gasteiger partial charge in [-0.3, -0.25) is 4.79 Å². The summed E-state index contributed by atoms with van der Waals surface area (Å²) in [6.07, 6.45) is 1.79. The summed E-state index contributed by atoms with van der Waals surface area (Å²) in [5.74, 6) is -0.721. The van der Waals surface area contributed by atoms with Crippen LogP contribution in [-0.2, 0) is 14.9 Å². The SMILES string of the molecule is C=CC(N)=O.CCC(C)CS(=O)(=O)[O-].[Na+]. The van der Waals surface area contributed by atoms with Crippen LogP contribution in [-0.4, -0.2) is 24.6 Å². The van der Waals surface area contributed by atoms with E-state index in [1.165, 1.54) is 0 Å². The molecule has 0 aliphatic heterocycles. The maximum absolute atomic E-state index is 10.0. The number of carbonyl (C=O) groups is 1. The summed E-state index contributed by atoms with van der Waals surface area (Å²) in [7, 11) is -3.99. The van der Waals surface area contributed by atoms with Gasteiger partial charge in [-0.05, 0) is 12.0 Å². The van der Waals surface area contributed by atoms with Crippen molar-refractivity contribution >= 4 is 16.0 Å². The number of hydrogen-bond acceptors (Lipinski definition) is 4. The van der Waals surface area contributed by atoms with Crippen LogP contribution in [0.15, 0.2) is 12.7 Å². The van der Waals surface area contributed by atoms with E-state index in [9.17, 15) is 17.8 Å². The van der Waals surface area contributed by atoms with Gasteiger partial charge in [0.05, 0.1) is 10.1 Å². The zero-order chi connectivity index (χ0) is 11.8. The topological polar surface area (TPSA) is 100 Å². The first-order chi connectivity index (χ1) is 6.22. The number of primary amides is 1. The molecular formula is C8H16NNaO4S. The number of nitrogens with two attached hydrogens (primary N) is 1. The molecule has 0 aromatic heterocycles. The van der Waals surface area contributed by atoms with E-state index in [0.29, 0.717) is 0 Å². The third-order valence-corrected chi connectivity index (χ3v) is 2.36. The van der Waals surface area contributed by atoms with Crippen molar-refractivity contribution in [3.05, 3.63) is 12.7 Å². The minimum absolute atomic E-state index is 0. The Morgan fingerprint density at radius 2 is 1.93 bits per heavy atom. The molecule has 1 atom stereocenters. The van der Waals surface area contributed by atoms with E-state index < -0.39 is 16.0 Å². The van der Waals surface area contributed by atoms with Crippen molar-refractivity contribution in [2.24, 2.45) is 11.7 Å². The third kappa shape index (κ3) is 24.9. The molecule has 0 radical (unpaired) electrons. The van der Waals surface area contributed by atoms with Crippen molar-refractivity contribution in [1.82, 2.24) is 0 Å². The Morgan fingerprint density at radius 3 is 2.00 bits per heavy atom. The van der Waals surface area contributed by atoms with Crippen LogP contribution in [0.5, 0.6) is 0 Å². The van der Waals surface area contributed by atoms with Gasteiger partial charge in [-0.1, -0.05) is 26.8 Å². The number of hydrogen-bond donors (Lipinski definition) is 1. The maximum atomic E-state index is 10.0. The Kier molecular flexibility index (Phi) is 14.5. The third-order valence-electron chi connectivity index (χ3n) is 1.39. The first-order valence-electron chi connectivity index (χ1n) is 4.08. The van der Waals surface area contributed by atoms with Crippen molar-refractivity contribution in [3.8, 4) is 0 Å². The van der Waals surface area contributed by atoms with Gasteiger partial charge < -0.3 is 10.3 Å². The molecule has 7 heteroatoms. The van der Waals surface area contributed by atoms with Gasteiger partial charge in [-0.15, -0.1) is 0 Å². The van der Waals surface area contributed by atoms with E-state index >= 15 is 0 Å². The molecule has 0 spiro atoms. The van der Waals surface area contributed by atoms with Gasteiger partial charge in [-0.25, -0.2) is 8.42 Å². The summed E-state index contributed by atoms with van der Waals surface area (Å²) in [5, 5.41) is 0. The molecule has 2 N–H and O–H groups in total. The molecule has 0 aromatic rings. The zero-order valence-electron chi connectivity index (χ0n) is 9.39. The predicted molar refractivity (Wildman–Crippen MR) is 53.4 cm³/mol. The molecular weight excluding hydrogens is 229 g/mol. The second-order valence-electron chi connectivity index (χ2n) is 2.84. The van der Waals surface area contributed by atoms with E-state index in [1.807, 2.05) is 6.92 Å². The second-order valence-corrected chi connectivity index (χ2v) is 4.29. The standard InChI is InChI=1S/C5H12O3S.C3H5NO.Na/c1-3-5(2)4-9(6,7)8;1-2-3(4)5;/h5H,3-4H2,1-2H3,(H,6,7,8);2H,1H2,(H2,4,5);/q;;+1/p-1. The van der Waals surface area contributed by atoms with Crippen LogP contribution in [0.4, 0.5) is 0 Å². The summed E-state index contributed by atoms with van der Waals surface area (Å²) < 4.78 is 30.1. The molecule has 0 saturated heterocycles. The second kappa shape index (κ2) is 10.6. The van der Waals surface area contributed by atoms with E-state index in [1.54, 1.807) is 6.92 Å². The van der Waals surface area contributed by atoms with Crippen LogP contribution >= 0.6 is 0 Å². The van der Waals surface area contributed by atoms with E-state index in [2.05, 4.69) is 12.3 Å². The Balaban J connectivity index is -0.000000208. The van der Waals surface area contributed by atoms with Gasteiger partial charge in [-0.2, -0.15) is 0 Å². The Bertz CT molecular complexity index is 276. The predicted octanol–water partition coefficient (Wildman–Crippen LogP) is -2.76. The van der Waals surface area contributed by atoms with E-state index in [4.69, 9.17) is 0 Å². The minimum atomic E-state index is -3.99. The Morgan fingerprint density at radius 1 is 1.60 bits per heavy atom. The monoisotopic (exact) mass is 245 g/mol. The van der Waals surface area contributed by atoms with Crippen LogP contribution in [0.2, 0.25) is 0 Å². The van der Waals surface area contributed by atoms with Crippen LogP contribution in [0.25, 0.3) is 0 Å². The summed E-state index contributed by atoms with van der Waals surface area (Å²) >= 11 is 0. The van der Waals surface area contributed by atoms with Gasteiger partial charge in [0.15, 0.2) is 0 Å². The number of rotatable bonds is 4. The van der Waals surface area contributed by atoms with Crippen molar-refractivity contribution in [3.63, 3.8) is 0 Å². The van der Waals surface area contributed by atoms with E-state index in [-0.39, 0.29) is 41.2 Å². The molecule has 5 nitrogen and oxygen atoms in total. The first kappa shape index (κ1) is 20.5. The fourth-order valence-corrected chi connectivity index (χ4v) is 1.40. The number of amides is 1. The molecule has 1 amide bonds. The van der Waals surface area contributed by atoms with Gasteiger partial charge in [0.25, 0.3) is 0 Å². The Labute approximate surface area is 113 Å². The van der Waals surface area contributed by atoms with Gasteiger partial charge in [0.1, 0.15) is 0 Å². The fourth-order valence-electron chi connectivity index (χ4n) is 0.466. The zero-order valence-corrected chi connectivity index (χ0v) is 12.2. The van der Waals surface area contributed by atoms with E-state index in [0.717, 1.165) is 12.5 Å². The molecule has 0 saturated carbocycles. The molecule has 0 heterocycles. The molecule has 15 heavy (non-hydrogen) atoms. The van der Waals surface area contributed by atoms with Crippen LogP contribution in [0.3, 0.4) is 0 Å². The molecule has 84 valence electrons. The summed E-state index contributed by atoms with van der Waals surface area (Å²) in [6, 6.07) is 0. The average molecular weight is 245 g/mol. The van der Waals surface area contributed by atoms with Crippen molar-refractivity contribution in [2.75, 3.05) is 5.75 Å². The van der Waals surface area contributed by atoms with Crippen molar-refractivity contribution in [2.45, 2.75) is 20.3 Å². The average Bonchev–Trinajstić information content (AvgIpc) is 2.02.